The van der Waals surface area contributed by atoms with Crippen molar-refractivity contribution in [1.82, 2.24) is 4.72 Å². The lowest BCUT2D eigenvalue weighted by atomic mass is 10.0. The van der Waals surface area contributed by atoms with Crippen molar-refractivity contribution in [2.45, 2.75) is 30.2 Å². The third kappa shape index (κ3) is 3.48. The summed E-state index contributed by atoms with van der Waals surface area (Å²) in [5.74, 6) is 0. The molecule has 3 N–H and O–H groups in total. The molecular weight excluding hydrogens is 290 g/mol. The Labute approximate surface area is 126 Å². The second kappa shape index (κ2) is 6.64. The predicted octanol–water partition coefficient (Wildman–Crippen LogP) is 1.18. The zero-order valence-corrected chi connectivity index (χ0v) is 13.3. The first kappa shape index (κ1) is 16.1. The highest BCUT2D eigenvalue weighted by molar-refractivity contribution is 7.89. The minimum atomic E-state index is -3.47. The van der Waals surface area contributed by atoms with Gasteiger partial charge in [0.05, 0.1) is 28.9 Å². The molecule has 1 atom stereocenters. The molecule has 6 nitrogen and oxygen atoms in total. The molecule has 1 fully saturated rings. The lowest BCUT2D eigenvalue weighted by Crippen LogP contribution is -2.42. The van der Waals surface area contributed by atoms with E-state index in [4.69, 9.17) is 10.5 Å². The van der Waals surface area contributed by atoms with Crippen LogP contribution in [-0.2, 0) is 14.8 Å². The molecule has 7 heteroatoms. The molecule has 0 saturated carbocycles. The highest BCUT2D eigenvalue weighted by Gasteiger charge is 2.24. The van der Waals surface area contributed by atoms with E-state index in [0.29, 0.717) is 12.3 Å². The van der Waals surface area contributed by atoms with Gasteiger partial charge in [-0.15, -0.1) is 0 Å². The molecule has 0 aromatic heterocycles. The van der Waals surface area contributed by atoms with Crippen LogP contribution < -0.4 is 15.4 Å². The lowest BCUT2D eigenvalue weighted by Gasteiger charge is -2.37. The first-order valence-electron chi connectivity index (χ1n) is 7.08. The number of nitrogens with two attached hydrogens (primary N) is 1. The lowest BCUT2D eigenvalue weighted by molar-refractivity contribution is 0.166. The quantitative estimate of drug-likeness (QED) is 0.798. The molecule has 1 aliphatic rings. The maximum Gasteiger partial charge on any atom is 0.240 e. The summed E-state index contributed by atoms with van der Waals surface area (Å²) in [6, 6.07) is 5.18. The smallest absolute Gasteiger partial charge is 0.240 e. The fourth-order valence-corrected chi connectivity index (χ4v) is 3.53. The number of hydrogen-bond acceptors (Lipinski definition) is 5. The topological polar surface area (TPSA) is 84.7 Å². The number of hydrogen-bond donors (Lipinski definition) is 2. The number of nitrogens with zero attached hydrogens (tertiary/aromatic N) is 1. The molecule has 2 rings (SSSR count). The summed E-state index contributed by atoms with van der Waals surface area (Å²) in [6.07, 6.45) is 3.34. The summed E-state index contributed by atoms with van der Waals surface area (Å²) in [7, 11) is -0.384. The number of sulfonamides is 1. The Morgan fingerprint density at radius 2 is 2.19 bits per heavy atom. The third-order valence-corrected chi connectivity index (χ3v) is 5.29. The summed E-state index contributed by atoms with van der Waals surface area (Å²) < 4.78 is 31.2. The Bertz CT molecular complexity index is 587. The number of piperidine rings is 1. The maximum atomic E-state index is 11.8. The number of anilines is 2. The minimum Gasteiger partial charge on any atom is -0.397 e. The zero-order chi connectivity index (χ0) is 15.5. The number of methoxy groups -OCH3 is 1. The largest absolute Gasteiger partial charge is 0.397 e. The van der Waals surface area contributed by atoms with Crippen molar-refractivity contribution in [3.05, 3.63) is 18.2 Å². The maximum absolute atomic E-state index is 11.8. The van der Waals surface area contributed by atoms with E-state index in [1.54, 1.807) is 19.2 Å². The molecule has 1 unspecified atom stereocenters. The summed E-state index contributed by atoms with van der Waals surface area (Å²) in [6.45, 7) is 1.56. The summed E-state index contributed by atoms with van der Waals surface area (Å²) in [4.78, 5) is 2.41. The number of rotatable bonds is 5. The van der Waals surface area contributed by atoms with Crippen molar-refractivity contribution >= 4 is 21.4 Å². The highest BCUT2D eigenvalue weighted by Crippen LogP contribution is 2.31. The Morgan fingerprint density at radius 3 is 2.81 bits per heavy atom. The van der Waals surface area contributed by atoms with E-state index in [2.05, 4.69) is 9.62 Å². The molecule has 1 aromatic carbocycles. The van der Waals surface area contributed by atoms with E-state index in [9.17, 15) is 8.42 Å². The molecular formula is C14H23N3O3S. The van der Waals surface area contributed by atoms with Gasteiger partial charge < -0.3 is 15.4 Å². The molecule has 118 valence electrons. The summed E-state index contributed by atoms with van der Waals surface area (Å²) in [5, 5.41) is 0. The molecule has 1 aromatic rings. The summed E-state index contributed by atoms with van der Waals surface area (Å²) >= 11 is 0. The number of ether oxygens (including phenoxy) is 1. The Balaban J connectivity index is 2.31. The van der Waals surface area contributed by atoms with Crippen LogP contribution in [0.25, 0.3) is 0 Å². The monoisotopic (exact) mass is 313 g/mol. The van der Waals surface area contributed by atoms with Crippen molar-refractivity contribution < 1.29 is 13.2 Å². The molecule has 1 saturated heterocycles. The van der Waals surface area contributed by atoms with Crippen molar-refractivity contribution in [2.75, 3.05) is 37.9 Å². The van der Waals surface area contributed by atoms with Crippen LogP contribution in [0.15, 0.2) is 23.1 Å². The van der Waals surface area contributed by atoms with Crippen LogP contribution in [0.2, 0.25) is 0 Å². The first-order valence-corrected chi connectivity index (χ1v) is 8.56. The van der Waals surface area contributed by atoms with Gasteiger partial charge in [0.1, 0.15) is 0 Å². The highest BCUT2D eigenvalue weighted by atomic mass is 32.2. The van der Waals surface area contributed by atoms with E-state index >= 15 is 0 Å². The fraction of sp³-hybridized carbons (Fsp3) is 0.571. The van der Waals surface area contributed by atoms with Gasteiger partial charge in [0.15, 0.2) is 0 Å². The number of nitrogen functional groups attached to an aromatic ring is 1. The first-order chi connectivity index (χ1) is 9.99. The average Bonchev–Trinajstić information content (AvgIpc) is 2.48. The molecule has 21 heavy (non-hydrogen) atoms. The van der Waals surface area contributed by atoms with E-state index < -0.39 is 10.0 Å². The molecule has 0 spiro atoms. The second-order valence-electron chi connectivity index (χ2n) is 5.23. The average molecular weight is 313 g/mol. The van der Waals surface area contributed by atoms with Crippen LogP contribution in [0.4, 0.5) is 11.4 Å². The molecule has 0 amide bonds. The predicted molar refractivity (Wildman–Crippen MR) is 84.0 cm³/mol. The van der Waals surface area contributed by atoms with Crippen molar-refractivity contribution in [2.24, 2.45) is 0 Å². The van der Waals surface area contributed by atoms with E-state index in [1.807, 2.05) is 0 Å². The fourth-order valence-electron chi connectivity index (χ4n) is 2.76. The Morgan fingerprint density at radius 1 is 1.43 bits per heavy atom. The van der Waals surface area contributed by atoms with Crippen molar-refractivity contribution in [3.63, 3.8) is 0 Å². The molecule has 0 bridgehead atoms. The Hall–Kier alpha value is -1.31. The van der Waals surface area contributed by atoms with Crippen LogP contribution >= 0.6 is 0 Å². The minimum absolute atomic E-state index is 0.187. The molecule has 0 aliphatic carbocycles. The summed E-state index contributed by atoms with van der Waals surface area (Å²) in [5.41, 5.74) is 7.45. The SMILES string of the molecule is CNS(=O)(=O)c1ccc(N2CCCCC2COC)c(N)c1. The van der Waals surface area contributed by atoms with Gasteiger partial charge >= 0.3 is 0 Å². The zero-order valence-electron chi connectivity index (χ0n) is 12.5. The van der Waals surface area contributed by atoms with Crippen LogP contribution in [0.1, 0.15) is 19.3 Å². The normalized spacial score (nSPS) is 19.7. The van der Waals surface area contributed by atoms with E-state index in [-0.39, 0.29) is 10.9 Å². The third-order valence-electron chi connectivity index (χ3n) is 3.87. The van der Waals surface area contributed by atoms with Crippen molar-refractivity contribution in [1.29, 1.82) is 0 Å². The van der Waals surface area contributed by atoms with Crippen LogP contribution in [0.5, 0.6) is 0 Å². The van der Waals surface area contributed by atoms with E-state index in [0.717, 1.165) is 25.1 Å². The van der Waals surface area contributed by atoms with Crippen LogP contribution in [0, 0.1) is 0 Å². The second-order valence-corrected chi connectivity index (χ2v) is 7.11. The van der Waals surface area contributed by atoms with Crippen LogP contribution in [-0.4, -0.2) is 41.8 Å². The molecule has 0 radical (unpaired) electrons. The number of nitrogens with one attached hydrogen (secondary N) is 1. The van der Waals surface area contributed by atoms with Gasteiger partial charge in [0, 0.05) is 13.7 Å². The van der Waals surface area contributed by atoms with Gasteiger partial charge in [-0.2, -0.15) is 0 Å². The van der Waals surface area contributed by atoms with Gasteiger partial charge in [0.2, 0.25) is 10.0 Å². The number of benzene rings is 1. The van der Waals surface area contributed by atoms with Gasteiger partial charge in [0.25, 0.3) is 0 Å². The van der Waals surface area contributed by atoms with Gasteiger partial charge in [-0.3, -0.25) is 0 Å². The van der Waals surface area contributed by atoms with Crippen molar-refractivity contribution in [3.8, 4) is 0 Å². The van der Waals surface area contributed by atoms with Gasteiger partial charge in [-0.05, 0) is 44.5 Å². The molecule has 1 heterocycles. The Kier molecular flexibility index (Phi) is 5.08. The standard InChI is InChI=1S/C14H23N3O3S/c1-16-21(18,19)12-6-7-14(13(15)9-12)17-8-4-3-5-11(17)10-20-2/h6-7,9,11,16H,3-5,8,10,15H2,1-2H3. The van der Waals surface area contributed by atoms with Gasteiger partial charge in [-0.1, -0.05) is 0 Å². The molecule has 1 aliphatic heterocycles. The van der Waals surface area contributed by atoms with E-state index in [1.165, 1.54) is 19.5 Å². The van der Waals surface area contributed by atoms with Gasteiger partial charge in [-0.25, -0.2) is 13.1 Å². The van der Waals surface area contributed by atoms with Crippen LogP contribution in [0.3, 0.4) is 0 Å².